The second-order valence-electron chi connectivity index (χ2n) is 4.80. The Morgan fingerprint density at radius 3 is 3.12 bits per heavy atom. The topological polar surface area (TPSA) is 35.5 Å². The molecule has 2 atom stereocenters. The van der Waals surface area contributed by atoms with E-state index in [2.05, 4.69) is 15.9 Å². The second kappa shape index (κ2) is 3.82. The van der Waals surface area contributed by atoms with Crippen LogP contribution in [0.4, 0.5) is 0 Å². The average molecular weight is 297 g/mol. The normalized spacial score (nSPS) is 31.4. The summed E-state index contributed by atoms with van der Waals surface area (Å²) >= 11 is 3.38. The van der Waals surface area contributed by atoms with Crippen LogP contribution in [0.25, 0.3) is 0 Å². The Bertz CT molecular complexity index is 486. The first kappa shape index (κ1) is 11.2. The lowest BCUT2D eigenvalue weighted by Gasteiger charge is -2.44. The van der Waals surface area contributed by atoms with Crippen molar-refractivity contribution in [2.75, 3.05) is 13.2 Å². The number of hydrogen-bond donors (Lipinski definition) is 0. The molecule has 1 saturated heterocycles. The van der Waals surface area contributed by atoms with Crippen molar-refractivity contribution >= 4 is 21.7 Å². The standard InChI is InChI=1S/C13H13BrO3/c1-13-4-5-16-7-10(13)12(15)9-6-8(14)2-3-11(9)17-13/h2-3,6,10H,4-5,7H2,1H3/t10-,13-/m0/s1. The molecule has 3 rings (SSSR count). The molecule has 2 aliphatic rings. The van der Waals surface area contributed by atoms with E-state index in [9.17, 15) is 4.79 Å². The van der Waals surface area contributed by atoms with E-state index in [0.29, 0.717) is 24.5 Å². The number of fused-ring (bicyclic) bond motifs is 2. The summed E-state index contributed by atoms with van der Waals surface area (Å²) in [7, 11) is 0. The molecule has 1 aromatic carbocycles. The molecule has 1 aromatic rings. The summed E-state index contributed by atoms with van der Waals surface area (Å²) < 4.78 is 12.3. The fraction of sp³-hybridized carbons (Fsp3) is 0.462. The van der Waals surface area contributed by atoms with Gasteiger partial charge in [-0.15, -0.1) is 0 Å². The van der Waals surface area contributed by atoms with Gasteiger partial charge in [0.15, 0.2) is 5.78 Å². The first-order valence-electron chi connectivity index (χ1n) is 5.71. The SMILES string of the molecule is C[C@]12CCOC[C@H]1C(=O)c1cc(Br)ccc1O2. The summed E-state index contributed by atoms with van der Waals surface area (Å²) in [4.78, 5) is 12.4. The van der Waals surface area contributed by atoms with Gasteiger partial charge in [0.25, 0.3) is 0 Å². The molecule has 3 nitrogen and oxygen atoms in total. The third-order valence-corrected chi connectivity index (χ3v) is 4.12. The fourth-order valence-corrected chi connectivity index (χ4v) is 2.89. The van der Waals surface area contributed by atoms with E-state index >= 15 is 0 Å². The summed E-state index contributed by atoms with van der Waals surface area (Å²) in [6, 6.07) is 5.58. The number of Topliss-reactive ketones (excluding diaryl/α,β-unsaturated/α-hetero) is 1. The molecule has 4 heteroatoms. The highest BCUT2D eigenvalue weighted by molar-refractivity contribution is 9.10. The van der Waals surface area contributed by atoms with Gasteiger partial charge in [-0.1, -0.05) is 15.9 Å². The van der Waals surface area contributed by atoms with Crippen LogP contribution in [0.1, 0.15) is 23.7 Å². The monoisotopic (exact) mass is 296 g/mol. The van der Waals surface area contributed by atoms with Gasteiger partial charge in [-0.25, -0.2) is 0 Å². The Labute approximate surface area is 108 Å². The molecule has 1 fully saturated rings. The van der Waals surface area contributed by atoms with Crippen LogP contribution in [0.3, 0.4) is 0 Å². The van der Waals surface area contributed by atoms with Gasteiger partial charge in [-0.2, -0.15) is 0 Å². The summed E-state index contributed by atoms with van der Waals surface area (Å²) in [6.45, 7) is 3.12. The maximum Gasteiger partial charge on any atom is 0.176 e. The van der Waals surface area contributed by atoms with E-state index in [1.54, 1.807) is 0 Å². The number of hydrogen-bond acceptors (Lipinski definition) is 3. The van der Waals surface area contributed by atoms with Gasteiger partial charge in [0.05, 0.1) is 24.7 Å². The highest BCUT2D eigenvalue weighted by atomic mass is 79.9. The zero-order chi connectivity index (χ0) is 12.0. The van der Waals surface area contributed by atoms with Crippen molar-refractivity contribution < 1.29 is 14.3 Å². The number of carbonyl (C=O) groups excluding carboxylic acids is 1. The number of halogens is 1. The second-order valence-corrected chi connectivity index (χ2v) is 5.71. The first-order chi connectivity index (χ1) is 8.10. The minimum atomic E-state index is -0.407. The minimum absolute atomic E-state index is 0.134. The van der Waals surface area contributed by atoms with Crippen LogP contribution in [0.15, 0.2) is 22.7 Å². The number of rotatable bonds is 0. The van der Waals surface area contributed by atoms with Crippen molar-refractivity contribution in [3.63, 3.8) is 0 Å². The van der Waals surface area contributed by atoms with E-state index in [1.807, 2.05) is 25.1 Å². The summed E-state index contributed by atoms with van der Waals surface area (Å²) in [6.07, 6.45) is 0.763. The minimum Gasteiger partial charge on any atom is -0.486 e. The molecule has 0 spiro atoms. The van der Waals surface area contributed by atoms with Crippen molar-refractivity contribution in [3.8, 4) is 5.75 Å². The molecule has 2 heterocycles. The van der Waals surface area contributed by atoms with Gasteiger partial charge in [-0.05, 0) is 25.1 Å². The van der Waals surface area contributed by atoms with Gasteiger partial charge >= 0.3 is 0 Å². The molecule has 2 aliphatic heterocycles. The van der Waals surface area contributed by atoms with Crippen LogP contribution in [-0.2, 0) is 4.74 Å². The molecule has 90 valence electrons. The van der Waals surface area contributed by atoms with Gasteiger partial charge in [0.2, 0.25) is 0 Å². The molecule has 0 saturated carbocycles. The lowest BCUT2D eigenvalue weighted by Crippen LogP contribution is -2.53. The summed E-state index contributed by atoms with van der Waals surface area (Å²) in [5, 5.41) is 0. The number of benzene rings is 1. The molecule has 0 bridgehead atoms. The van der Waals surface area contributed by atoms with Crippen LogP contribution < -0.4 is 4.74 Å². The van der Waals surface area contributed by atoms with Crippen molar-refractivity contribution in [2.45, 2.75) is 18.9 Å². The van der Waals surface area contributed by atoms with Gasteiger partial charge < -0.3 is 9.47 Å². The van der Waals surface area contributed by atoms with Crippen molar-refractivity contribution in [1.82, 2.24) is 0 Å². The Morgan fingerprint density at radius 2 is 2.29 bits per heavy atom. The lowest BCUT2D eigenvalue weighted by atomic mass is 9.77. The third-order valence-electron chi connectivity index (χ3n) is 3.63. The van der Waals surface area contributed by atoms with E-state index in [1.165, 1.54) is 0 Å². The Morgan fingerprint density at radius 1 is 1.47 bits per heavy atom. The predicted octanol–water partition coefficient (Wildman–Crippen LogP) is 2.82. The third kappa shape index (κ3) is 1.70. The molecular weight excluding hydrogens is 284 g/mol. The quantitative estimate of drug-likeness (QED) is 0.738. The number of ether oxygens (including phenoxy) is 2. The van der Waals surface area contributed by atoms with E-state index in [4.69, 9.17) is 9.47 Å². The van der Waals surface area contributed by atoms with E-state index in [0.717, 1.165) is 10.9 Å². The molecule has 17 heavy (non-hydrogen) atoms. The fourth-order valence-electron chi connectivity index (χ4n) is 2.52. The van der Waals surface area contributed by atoms with Crippen molar-refractivity contribution in [2.24, 2.45) is 5.92 Å². The van der Waals surface area contributed by atoms with Crippen LogP contribution in [0.2, 0.25) is 0 Å². The van der Waals surface area contributed by atoms with E-state index in [-0.39, 0.29) is 11.7 Å². The highest BCUT2D eigenvalue weighted by Crippen LogP contribution is 2.41. The Balaban J connectivity index is 2.09. The molecule has 0 aliphatic carbocycles. The molecule has 0 aromatic heterocycles. The Kier molecular flexibility index (Phi) is 2.52. The largest absolute Gasteiger partial charge is 0.486 e. The maximum absolute atomic E-state index is 12.4. The smallest absolute Gasteiger partial charge is 0.176 e. The van der Waals surface area contributed by atoms with Crippen LogP contribution in [0.5, 0.6) is 5.75 Å². The molecule has 0 N–H and O–H groups in total. The van der Waals surface area contributed by atoms with Gasteiger partial charge in [-0.3, -0.25) is 4.79 Å². The number of ketones is 1. The molecule has 0 amide bonds. The molecule has 0 radical (unpaired) electrons. The van der Waals surface area contributed by atoms with Crippen molar-refractivity contribution in [1.29, 1.82) is 0 Å². The molecule has 0 unspecified atom stereocenters. The summed E-state index contributed by atoms with van der Waals surface area (Å²) in [5.41, 5.74) is 0.253. The van der Waals surface area contributed by atoms with Crippen LogP contribution in [-0.4, -0.2) is 24.6 Å². The lowest BCUT2D eigenvalue weighted by molar-refractivity contribution is -0.0769. The average Bonchev–Trinajstić information content (AvgIpc) is 2.30. The van der Waals surface area contributed by atoms with Crippen LogP contribution >= 0.6 is 15.9 Å². The zero-order valence-corrected chi connectivity index (χ0v) is 11.1. The Hall–Kier alpha value is -0.870. The molecular formula is C13H13BrO3. The highest BCUT2D eigenvalue weighted by Gasteiger charge is 2.48. The first-order valence-corrected chi connectivity index (χ1v) is 6.50. The zero-order valence-electron chi connectivity index (χ0n) is 9.53. The van der Waals surface area contributed by atoms with Crippen molar-refractivity contribution in [3.05, 3.63) is 28.2 Å². The van der Waals surface area contributed by atoms with E-state index < -0.39 is 5.60 Å². The van der Waals surface area contributed by atoms with Crippen LogP contribution in [0, 0.1) is 5.92 Å². The van der Waals surface area contributed by atoms with Gasteiger partial charge in [0.1, 0.15) is 11.4 Å². The predicted molar refractivity (Wildman–Crippen MR) is 66.4 cm³/mol. The van der Waals surface area contributed by atoms with Gasteiger partial charge in [0, 0.05) is 10.9 Å². The maximum atomic E-state index is 12.4. The summed E-state index contributed by atoms with van der Waals surface area (Å²) in [5.74, 6) is 0.645. The number of carbonyl (C=O) groups is 1.